The molecule has 1 aromatic heterocycles. The van der Waals surface area contributed by atoms with Crippen molar-refractivity contribution in [3.63, 3.8) is 0 Å². The maximum absolute atomic E-state index is 12.5. The van der Waals surface area contributed by atoms with E-state index in [1.54, 1.807) is 30.3 Å². The molecule has 1 aliphatic rings. The van der Waals surface area contributed by atoms with Crippen LogP contribution in [0.4, 0.5) is 0 Å². The first-order valence-corrected chi connectivity index (χ1v) is 9.42. The Balaban J connectivity index is 1.61. The lowest BCUT2D eigenvalue weighted by Crippen LogP contribution is -2.33. The summed E-state index contributed by atoms with van der Waals surface area (Å²) in [7, 11) is 3.53. The maximum atomic E-state index is 12.5. The van der Waals surface area contributed by atoms with Crippen molar-refractivity contribution in [3.8, 4) is 0 Å². The quantitative estimate of drug-likeness (QED) is 0.915. The van der Waals surface area contributed by atoms with E-state index in [0.29, 0.717) is 6.54 Å². The van der Waals surface area contributed by atoms with Crippen LogP contribution in [0.3, 0.4) is 0 Å². The van der Waals surface area contributed by atoms with E-state index >= 15 is 0 Å². The Kier molecular flexibility index (Phi) is 5.23. The number of nitrogens with one attached hydrogen (secondary N) is 1. The molecule has 132 valence electrons. The van der Waals surface area contributed by atoms with Gasteiger partial charge < -0.3 is 10.2 Å². The molecule has 1 atom stereocenters. The number of hydrogen-bond acceptors (Lipinski definition) is 3. The Hall–Kier alpha value is -2.14. The standard InChI is InChI=1S/C20H24N2O2S/c1-13-4-6-14(7-5-13)12-21-19(23)15-8-9-17-16(10-15)11-18(25-17)20(24)22(2)3/h4-7,11,15H,8-10,12H2,1-3H3,(H,21,23)/t15-/m0/s1. The second kappa shape index (κ2) is 7.40. The molecule has 2 amide bonds. The summed E-state index contributed by atoms with van der Waals surface area (Å²) in [6.45, 7) is 2.62. The van der Waals surface area contributed by atoms with E-state index in [1.165, 1.54) is 10.4 Å². The summed E-state index contributed by atoms with van der Waals surface area (Å²) in [5.41, 5.74) is 3.50. The van der Waals surface area contributed by atoms with Crippen LogP contribution in [0.2, 0.25) is 0 Å². The van der Waals surface area contributed by atoms with Crippen LogP contribution >= 0.6 is 11.3 Å². The van der Waals surface area contributed by atoms with Gasteiger partial charge in [-0.25, -0.2) is 0 Å². The molecule has 0 bridgehead atoms. The van der Waals surface area contributed by atoms with Gasteiger partial charge in [0.05, 0.1) is 4.88 Å². The van der Waals surface area contributed by atoms with Gasteiger partial charge in [-0.15, -0.1) is 11.3 Å². The summed E-state index contributed by atoms with van der Waals surface area (Å²) in [5, 5.41) is 3.06. The lowest BCUT2D eigenvalue weighted by atomic mass is 9.87. The first kappa shape index (κ1) is 17.7. The van der Waals surface area contributed by atoms with Crippen molar-refractivity contribution in [2.45, 2.75) is 32.7 Å². The van der Waals surface area contributed by atoms with Crippen LogP contribution in [0.5, 0.6) is 0 Å². The minimum absolute atomic E-state index is 0.00476. The molecule has 1 N–H and O–H groups in total. The zero-order chi connectivity index (χ0) is 18.0. The molecule has 0 saturated carbocycles. The maximum Gasteiger partial charge on any atom is 0.263 e. The zero-order valence-electron chi connectivity index (χ0n) is 15.0. The second-order valence-corrected chi connectivity index (χ2v) is 8.04. The van der Waals surface area contributed by atoms with Gasteiger partial charge >= 0.3 is 0 Å². The summed E-state index contributed by atoms with van der Waals surface area (Å²) in [6.07, 6.45) is 2.46. The molecule has 25 heavy (non-hydrogen) atoms. The summed E-state index contributed by atoms with van der Waals surface area (Å²) in [4.78, 5) is 28.3. The third-order valence-corrected chi connectivity index (χ3v) is 5.88. The van der Waals surface area contributed by atoms with Gasteiger partial charge in [0.15, 0.2) is 0 Å². The number of aryl methyl sites for hydroxylation is 2. The van der Waals surface area contributed by atoms with Gasteiger partial charge in [-0.05, 0) is 43.4 Å². The van der Waals surface area contributed by atoms with Crippen LogP contribution in [0.1, 0.15) is 37.7 Å². The minimum Gasteiger partial charge on any atom is -0.352 e. The smallest absolute Gasteiger partial charge is 0.263 e. The van der Waals surface area contributed by atoms with E-state index in [0.717, 1.165) is 35.3 Å². The third-order valence-electron chi connectivity index (χ3n) is 4.66. The molecule has 4 nitrogen and oxygen atoms in total. The lowest BCUT2D eigenvalue weighted by Gasteiger charge is -2.21. The first-order valence-electron chi connectivity index (χ1n) is 8.60. The molecule has 2 aromatic rings. The molecular weight excluding hydrogens is 332 g/mol. The predicted octanol–water partition coefficient (Wildman–Crippen LogP) is 3.18. The fourth-order valence-corrected chi connectivity index (χ4v) is 4.34. The van der Waals surface area contributed by atoms with Gasteiger partial charge in [0.1, 0.15) is 0 Å². The van der Waals surface area contributed by atoms with E-state index in [9.17, 15) is 9.59 Å². The van der Waals surface area contributed by atoms with E-state index in [1.807, 2.05) is 18.2 Å². The van der Waals surface area contributed by atoms with Gasteiger partial charge in [-0.2, -0.15) is 0 Å². The molecule has 3 rings (SSSR count). The van der Waals surface area contributed by atoms with Gasteiger partial charge in [0.25, 0.3) is 5.91 Å². The van der Waals surface area contributed by atoms with E-state index < -0.39 is 0 Å². The highest BCUT2D eigenvalue weighted by atomic mass is 32.1. The molecule has 1 aliphatic carbocycles. The largest absolute Gasteiger partial charge is 0.352 e. The number of amides is 2. The molecule has 0 saturated heterocycles. The van der Waals surface area contributed by atoms with Crippen molar-refractivity contribution in [3.05, 3.63) is 56.8 Å². The Bertz CT molecular complexity index is 777. The Morgan fingerprint density at radius 1 is 1.24 bits per heavy atom. The van der Waals surface area contributed by atoms with Crippen molar-refractivity contribution >= 4 is 23.2 Å². The Labute approximate surface area is 152 Å². The number of carbonyl (C=O) groups excluding carboxylic acids is 2. The van der Waals surface area contributed by atoms with Gasteiger partial charge in [-0.1, -0.05) is 29.8 Å². The summed E-state index contributed by atoms with van der Waals surface area (Å²) in [5.74, 6) is 0.146. The van der Waals surface area contributed by atoms with Crippen LogP contribution in [0.25, 0.3) is 0 Å². The molecule has 0 aliphatic heterocycles. The van der Waals surface area contributed by atoms with Crippen molar-refractivity contribution < 1.29 is 9.59 Å². The van der Waals surface area contributed by atoms with Crippen LogP contribution in [-0.4, -0.2) is 30.8 Å². The number of nitrogens with zero attached hydrogens (tertiary/aromatic N) is 1. The summed E-state index contributed by atoms with van der Waals surface area (Å²) < 4.78 is 0. The number of rotatable bonds is 4. The van der Waals surface area contributed by atoms with E-state index in [-0.39, 0.29) is 17.7 Å². The average molecular weight is 356 g/mol. The number of carbonyl (C=O) groups is 2. The molecular formula is C20H24N2O2S. The Morgan fingerprint density at radius 2 is 1.96 bits per heavy atom. The van der Waals surface area contributed by atoms with Crippen LogP contribution in [-0.2, 0) is 24.2 Å². The summed E-state index contributed by atoms with van der Waals surface area (Å²) >= 11 is 1.57. The molecule has 0 fully saturated rings. The highest BCUT2D eigenvalue weighted by molar-refractivity contribution is 7.14. The van der Waals surface area contributed by atoms with E-state index in [2.05, 4.69) is 24.4 Å². The van der Waals surface area contributed by atoms with Crippen molar-refractivity contribution in [1.82, 2.24) is 10.2 Å². The predicted molar refractivity (Wildman–Crippen MR) is 101 cm³/mol. The van der Waals surface area contributed by atoms with Crippen LogP contribution in [0.15, 0.2) is 30.3 Å². The van der Waals surface area contributed by atoms with Gasteiger partial charge in [-0.3, -0.25) is 9.59 Å². The molecule has 0 radical (unpaired) electrons. The number of fused-ring (bicyclic) bond motifs is 1. The number of benzene rings is 1. The van der Waals surface area contributed by atoms with Gasteiger partial charge in [0.2, 0.25) is 5.91 Å². The fourth-order valence-electron chi connectivity index (χ4n) is 3.11. The average Bonchev–Trinajstić information content (AvgIpc) is 3.03. The van der Waals surface area contributed by atoms with Crippen LogP contribution < -0.4 is 5.32 Å². The monoisotopic (exact) mass is 356 g/mol. The number of hydrogen-bond donors (Lipinski definition) is 1. The third kappa shape index (κ3) is 4.10. The normalized spacial score (nSPS) is 16.2. The van der Waals surface area contributed by atoms with Crippen molar-refractivity contribution in [2.24, 2.45) is 5.92 Å². The number of thiophene rings is 1. The topological polar surface area (TPSA) is 49.4 Å². The van der Waals surface area contributed by atoms with Crippen LogP contribution in [0, 0.1) is 12.8 Å². The van der Waals surface area contributed by atoms with Crippen molar-refractivity contribution in [2.75, 3.05) is 14.1 Å². The highest BCUT2D eigenvalue weighted by Gasteiger charge is 2.27. The van der Waals surface area contributed by atoms with Gasteiger partial charge in [0, 0.05) is 31.4 Å². The highest BCUT2D eigenvalue weighted by Crippen LogP contribution is 2.33. The SMILES string of the molecule is Cc1ccc(CNC(=O)[C@H]2CCc3sc(C(=O)N(C)C)cc3C2)cc1. The molecule has 1 aromatic carbocycles. The second-order valence-electron chi connectivity index (χ2n) is 6.90. The molecule has 0 spiro atoms. The van der Waals surface area contributed by atoms with Crippen molar-refractivity contribution in [1.29, 1.82) is 0 Å². The Morgan fingerprint density at radius 3 is 2.64 bits per heavy atom. The first-order chi connectivity index (χ1) is 11.9. The molecule has 0 unspecified atom stereocenters. The molecule has 1 heterocycles. The lowest BCUT2D eigenvalue weighted by molar-refractivity contribution is -0.125. The fraction of sp³-hybridized carbons (Fsp3) is 0.400. The summed E-state index contributed by atoms with van der Waals surface area (Å²) in [6, 6.07) is 10.2. The zero-order valence-corrected chi connectivity index (χ0v) is 15.8. The molecule has 5 heteroatoms. The minimum atomic E-state index is -0.00476. The van der Waals surface area contributed by atoms with E-state index in [4.69, 9.17) is 0 Å².